The highest BCUT2D eigenvalue weighted by Crippen LogP contribution is 2.50. The van der Waals surface area contributed by atoms with Crippen molar-refractivity contribution in [3.05, 3.63) is 11.6 Å². The fourth-order valence-electron chi connectivity index (χ4n) is 2.95. The van der Waals surface area contributed by atoms with Crippen molar-refractivity contribution in [3.63, 3.8) is 0 Å². The third kappa shape index (κ3) is 2.65. The second-order valence-electron chi connectivity index (χ2n) is 5.26. The molecule has 6 heteroatoms. The van der Waals surface area contributed by atoms with Gasteiger partial charge in [0.25, 0.3) is 0 Å². The summed E-state index contributed by atoms with van der Waals surface area (Å²) in [5, 5.41) is 9.53. The first kappa shape index (κ1) is 16.3. The lowest BCUT2D eigenvalue weighted by molar-refractivity contribution is -0.138. The van der Waals surface area contributed by atoms with Gasteiger partial charge in [0.2, 0.25) is 5.75 Å². The number of fused-ring (bicyclic) bond motifs is 1. The van der Waals surface area contributed by atoms with E-state index in [1.54, 1.807) is 21.3 Å². The van der Waals surface area contributed by atoms with Crippen molar-refractivity contribution in [2.45, 2.75) is 32.2 Å². The predicted octanol–water partition coefficient (Wildman–Crippen LogP) is 2.33. The molecule has 1 aromatic rings. The Balaban J connectivity index is 2.57. The smallest absolute Gasteiger partial charge is 0.326 e. The van der Waals surface area contributed by atoms with Crippen LogP contribution in [-0.4, -0.2) is 45.0 Å². The Labute approximate surface area is 130 Å². The molecule has 6 nitrogen and oxygen atoms in total. The third-order valence-electron chi connectivity index (χ3n) is 4.00. The topological polar surface area (TPSA) is 68.2 Å². The van der Waals surface area contributed by atoms with Gasteiger partial charge in [0.05, 0.1) is 27.0 Å². The number of ether oxygens (including phenoxy) is 3. The van der Waals surface area contributed by atoms with Crippen LogP contribution in [0.5, 0.6) is 17.2 Å². The number of hydrogen-bond acceptors (Lipinski definition) is 5. The summed E-state index contributed by atoms with van der Waals surface area (Å²) in [4.78, 5) is 13.5. The number of anilines is 1. The van der Waals surface area contributed by atoms with Gasteiger partial charge in [-0.3, -0.25) is 0 Å². The summed E-state index contributed by atoms with van der Waals surface area (Å²) in [5.74, 6) is 0.764. The summed E-state index contributed by atoms with van der Waals surface area (Å²) in [6.07, 6.45) is 2.35. The summed E-state index contributed by atoms with van der Waals surface area (Å²) in [7, 11) is 4.67. The Kier molecular flexibility index (Phi) is 5.00. The van der Waals surface area contributed by atoms with E-state index in [9.17, 15) is 9.90 Å². The molecule has 1 aromatic carbocycles. The van der Waals surface area contributed by atoms with E-state index in [1.807, 2.05) is 11.0 Å². The van der Waals surface area contributed by atoms with Crippen LogP contribution in [0.1, 0.15) is 25.3 Å². The molecule has 1 aliphatic rings. The lowest BCUT2D eigenvalue weighted by Crippen LogP contribution is -2.39. The van der Waals surface area contributed by atoms with Gasteiger partial charge in [-0.1, -0.05) is 13.3 Å². The standard InChI is InChI=1S/C16H23NO5/c1-5-6-7-17-11(16(18)19)8-10-9-12(20-2)14(21-3)15(22-4)13(10)17/h9,11H,5-8H2,1-4H3,(H,18,19). The summed E-state index contributed by atoms with van der Waals surface area (Å²) >= 11 is 0. The lowest BCUT2D eigenvalue weighted by atomic mass is 10.1. The molecule has 0 fully saturated rings. The second kappa shape index (κ2) is 6.77. The number of carbonyl (C=O) groups is 1. The van der Waals surface area contributed by atoms with Gasteiger partial charge in [-0.05, 0) is 18.1 Å². The Morgan fingerprint density at radius 1 is 1.27 bits per heavy atom. The molecule has 2 rings (SSSR count). The molecule has 0 aliphatic carbocycles. The van der Waals surface area contributed by atoms with Crippen LogP contribution in [0, 0.1) is 0 Å². The van der Waals surface area contributed by atoms with E-state index in [1.165, 1.54) is 0 Å². The Morgan fingerprint density at radius 3 is 2.45 bits per heavy atom. The molecular formula is C16H23NO5. The maximum Gasteiger partial charge on any atom is 0.326 e. The van der Waals surface area contributed by atoms with Crippen molar-refractivity contribution in [2.24, 2.45) is 0 Å². The molecule has 0 bridgehead atoms. The Morgan fingerprint density at radius 2 is 1.95 bits per heavy atom. The molecule has 1 heterocycles. The fourth-order valence-corrected chi connectivity index (χ4v) is 2.95. The molecular weight excluding hydrogens is 286 g/mol. The van der Waals surface area contributed by atoms with E-state index in [2.05, 4.69) is 6.92 Å². The molecule has 0 aromatic heterocycles. The first-order chi connectivity index (χ1) is 10.6. The van der Waals surface area contributed by atoms with E-state index in [0.29, 0.717) is 30.2 Å². The van der Waals surface area contributed by atoms with Crippen molar-refractivity contribution < 1.29 is 24.1 Å². The average Bonchev–Trinajstić information content (AvgIpc) is 2.89. The number of methoxy groups -OCH3 is 3. The van der Waals surface area contributed by atoms with Crippen LogP contribution < -0.4 is 19.1 Å². The third-order valence-corrected chi connectivity index (χ3v) is 4.00. The molecule has 1 unspecified atom stereocenters. The molecule has 122 valence electrons. The molecule has 1 atom stereocenters. The SMILES string of the molecule is CCCCN1c2c(cc(OC)c(OC)c2OC)CC1C(=O)O. The van der Waals surface area contributed by atoms with Crippen LogP contribution in [0.15, 0.2) is 6.07 Å². The van der Waals surface area contributed by atoms with Gasteiger partial charge >= 0.3 is 5.97 Å². The maximum atomic E-state index is 11.6. The minimum atomic E-state index is -0.827. The number of hydrogen-bond donors (Lipinski definition) is 1. The number of unbranched alkanes of at least 4 members (excludes halogenated alkanes) is 1. The number of carboxylic acids is 1. The largest absolute Gasteiger partial charge is 0.493 e. The second-order valence-corrected chi connectivity index (χ2v) is 5.26. The fraction of sp³-hybridized carbons (Fsp3) is 0.562. The zero-order chi connectivity index (χ0) is 16.3. The highest BCUT2D eigenvalue weighted by Gasteiger charge is 2.38. The average molecular weight is 309 g/mol. The number of nitrogens with zero attached hydrogens (tertiary/aromatic N) is 1. The van der Waals surface area contributed by atoms with Gasteiger partial charge in [0.1, 0.15) is 6.04 Å². The molecule has 1 N–H and O–H groups in total. The quantitative estimate of drug-likeness (QED) is 0.834. The minimum Gasteiger partial charge on any atom is -0.493 e. The van der Waals surface area contributed by atoms with E-state index in [4.69, 9.17) is 14.2 Å². The summed E-state index contributed by atoms with van der Waals surface area (Å²) < 4.78 is 16.3. The zero-order valence-electron chi connectivity index (χ0n) is 13.5. The van der Waals surface area contributed by atoms with E-state index < -0.39 is 12.0 Å². The molecule has 22 heavy (non-hydrogen) atoms. The highest BCUT2D eigenvalue weighted by atomic mass is 16.5. The van der Waals surface area contributed by atoms with Gasteiger partial charge in [-0.25, -0.2) is 4.79 Å². The van der Waals surface area contributed by atoms with Crippen LogP contribution in [0.3, 0.4) is 0 Å². The number of benzene rings is 1. The molecule has 0 amide bonds. The van der Waals surface area contributed by atoms with E-state index in [-0.39, 0.29) is 0 Å². The molecule has 0 saturated carbocycles. The number of carboxylic acid groups (broad SMARTS) is 1. The van der Waals surface area contributed by atoms with Crippen LogP contribution >= 0.6 is 0 Å². The van der Waals surface area contributed by atoms with Crippen molar-refractivity contribution in [3.8, 4) is 17.2 Å². The minimum absolute atomic E-state index is 0.436. The maximum absolute atomic E-state index is 11.6. The first-order valence-corrected chi connectivity index (χ1v) is 7.40. The van der Waals surface area contributed by atoms with Crippen LogP contribution in [0.4, 0.5) is 5.69 Å². The lowest BCUT2D eigenvalue weighted by Gasteiger charge is -2.26. The van der Waals surface area contributed by atoms with Crippen molar-refractivity contribution in [1.82, 2.24) is 0 Å². The summed E-state index contributed by atoms with van der Waals surface area (Å²) in [6, 6.07) is 1.27. The Bertz CT molecular complexity index is 558. The van der Waals surface area contributed by atoms with Crippen molar-refractivity contribution in [1.29, 1.82) is 0 Å². The number of rotatable bonds is 7. The molecule has 0 spiro atoms. The normalized spacial score (nSPS) is 16.4. The molecule has 0 radical (unpaired) electrons. The Hall–Kier alpha value is -2.11. The van der Waals surface area contributed by atoms with E-state index >= 15 is 0 Å². The van der Waals surface area contributed by atoms with Gasteiger partial charge in [-0.2, -0.15) is 0 Å². The monoisotopic (exact) mass is 309 g/mol. The van der Waals surface area contributed by atoms with E-state index in [0.717, 1.165) is 24.1 Å². The highest BCUT2D eigenvalue weighted by molar-refractivity contribution is 5.86. The van der Waals surface area contributed by atoms with Gasteiger partial charge in [0, 0.05) is 13.0 Å². The van der Waals surface area contributed by atoms with Crippen LogP contribution in [0.25, 0.3) is 0 Å². The molecule has 1 aliphatic heterocycles. The first-order valence-electron chi connectivity index (χ1n) is 7.40. The van der Waals surface area contributed by atoms with Crippen LogP contribution in [-0.2, 0) is 11.2 Å². The van der Waals surface area contributed by atoms with Gasteiger partial charge < -0.3 is 24.2 Å². The summed E-state index contributed by atoms with van der Waals surface area (Å²) in [5.41, 5.74) is 1.72. The zero-order valence-corrected chi connectivity index (χ0v) is 13.5. The van der Waals surface area contributed by atoms with Gasteiger partial charge in [-0.15, -0.1) is 0 Å². The summed E-state index contributed by atoms with van der Waals surface area (Å²) in [6.45, 7) is 2.75. The molecule has 0 saturated heterocycles. The van der Waals surface area contributed by atoms with Crippen LogP contribution in [0.2, 0.25) is 0 Å². The van der Waals surface area contributed by atoms with Crippen molar-refractivity contribution >= 4 is 11.7 Å². The predicted molar refractivity (Wildman–Crippen MR) is 83.5 cm³/mol. The number of aliphatic carboxylic acids is 1. The van der Waals surface area contributed by atoms with Crippen molar-refractivity contribution in [2.75, 3.05) is 32.8 Å². The van der Waals surface area contributed by atoms with Gasteiger partial charge in [0.15, 0.2) is 11.5 Å².